The van der Waals surface area contributed by atoms with Crippen LogP contribution in [0.5, 0.6) is 0 Å². The summed E-state index contributed by atoms with van der Waals surface area (Å²) in [6.07, 6.45) is 60.8. The zero-order chi connectivity index (χ0) is 71.2. The van der Waals surface area contributed by atoms with Crippen molar-refractivity contribution in [1.29, 1.82) is 0 Å². The molecule has 0 aromatic carbocycles. The Morgan fingerprint density at radius 1 is 0.278 bits per heavy atom. The second-order valence-electron chi connectivity index (χ2n) is 28.6. The number of aliphatic hydroxyl groups is 1. The quantitative estimate of drug-likeness (QED) is 0.0222. The first-order valence-electron chi connectivity index (χ1n) is 40.6. The number of phosphoric ester groups is 2. The molecule has 576 valence electrons. The van der Waals surface area contributed by atoms with E-state index in [1.807, 2.05) is 0 Å². The lowest BCUT2D eigenvalue weighted by molar-refractivity contribution is -0.161. The summed E-state index contributed by atoms with van der Waals surface area (Å²) < 4.78 is 68.6. The minimum Gasteiger partial charge on any atom is -0.462 e. The molecule has 5 atom stereocenters. The van der Waals surface area contributed by atoms with Crippen molar-refractivity contribution >= 4 is 39.5 Å². The van der Waals surface area contributed by atoms with Crippen LogP contribution < -0.4 is 0 Å². The van der Waals surface area contributed by atoms with Crippen LogP contribution in [0.4, 0.5) is 0 Å². The number of ether oxygens (including phenoxy) is 4. The molecule has 97 heavy (non-hydrogen) atoms. The number of phosphoric acid groups is 2. The molecule has 0 saturated carbocycles. The molecule has 0 heterocycles. The van der Waals surface area contributed by atoms with Gasteiger partial charge in [0.15, 0.2) is 12.2 Å². The Hall–Kier alpha value is -1.94. The van der Waals surface area contributed by atoms with Gasteiger partial charge < -0.3 is 33.8 Å². The smallest absolute Gasteiger partial charge is 0.462 e. The Bertz CT molecular complexity index is 1860. The van der Waals surface area contributed by atoms with Crippen molar-refractivity contribution in [2.45, 2.75) is 432 Å². The second-order valence-corrected chi connectivity index (χ2v) is 31.5. The summed E-state index contributed by atoms with van der Waals surface area (Å²) in [5.74, 6) is -1.31. The average molecular weight is 1420 g/mol. The molecule has 0 aliphatic rings. The SMILES string of the molecule is CCCCCCCCCCCCCCCCCC(=O)OC[C@H](COP(=O)(O)OC[C@@H](O)COP(=O)(O)OC[C@@H](COC(=O)CCCCCCCCCCCCC)OC(=O)CCCCCCCCCCCCCCCC)OC(=O)CCCCCCCCCCCCCCCCC(C)C. The van der Waals surface area contributed by atoms with Crippen LogP contribution in [0.25, 0.3) is 0 Å². The molecule has 0 aromatic rings. The molecule has 0 aromatic heterocycles. The molecular weight excluding hydrogens is 1270 g/mol. The van der Waals surface area contributed by atoms with Crippen molar-refractivity contribution in [1.82, 2.24) is 0 Å². The summed E-state index contributed by atoms with van der Waals surface area (Å²) in [6.45, 7) is 7.34. The van der Waals surface area contributed by atoms with Gasteiger partial charge in [0.05, 0.1) is 26.4 Å². The number of hydrogen-bond donors (Lipinski definition) is 3. The normalized spacial score (nSPS) is 13.9. The Balaban J connectivity index is 5.25. The number of hydrogen-bond acceptors (Lipinski definition) is 15. The highest BCUT2D eigenvalue weighted by molar-refractivity contribution is 7.47. The Kier molecular flexibility index (Phi) is 69.6. The highest BCUT2D eigenvalue weighted by Crippen LogP contribution is 2.45. The predicted molar refractivity (Wildman–Crippen MR) is 395 cm³/mol. The molecule has 0 fully saturated rings. The van der Waals surface area contributed by atoms with Crippen LogP contribution in [-0.2, 0) is 65.4 Å². The summed E-state index contributed by atoms with van der Waals surface area (Å²) in [5.41, 5.74) is 0. The van der Waals surface area contributed by atoms with Crippen LogP contribution in [0.1, 0.15) is 413 Å². The minimum absolute atomic E-state index is 0.108. The highest BCUT2D eigenvalue weighted by Gasteiger charge is 2.30. The second kappa shape index (κ2) is 71.1. The molecule has 17 nitrogen and oxygen atoms in total. The van der Waals surface area contributed by atoms with Gasteiger partial charge >= 0.3 is 39.5 Å². The molecule has 3 N–H and O–H groups in total. The maximum atomic E-state index is 13.1. The van der Waals surface area contributed by atoms with Crippen LogP contribution in [0, 0.1) is 5.92 Å². The van der Waals surface area contributed by atoms with E-state index >= 15 is 0 Å². The van der Waals surface area contributed by atoms with Gasteiger partial charge in [0, 0.05) is 25.7 Å². The Labute approximate surface area is 594 Å². The van der Waals surface area contributed by atoms with Crippen molar-refractivity contribution in [2.24, 2.45) is 5.92 Å². The van der Waals surface area contributed by atoms with Crippen molar-refractivity contribution in [3.05, 3.63) is 0 Å². The molecule has 0 amide bonds. The van der Waals surface area contributed by atoms with E-state index in [-0.39, 0.29) is 25.7 Å². The molecular formula is C78H152O17P2. The first-order chi connectivity index (χ1) is 47.0. The third-order valence-electron chi connectivity index (χ3n) is 18.3. The third kappa shape index (κ3) is 72.2. The topological polar surface area (TPSA) is 237 Å². The van der Waals surface area contributed by atoms with E-state index in [4.69, 9.17) is 37.0 Å². The molecule has 0 aliphatic heterocycles. The van der Waals surface area contributed by atoms with Gasteiger partial charge in [-0.15, -0.1) is 0 Å². The number of carbonyl (C=O) groups is 4. The largest absolute Gasteiger partial charge is 0.472 e. The van der Waals surface area contributed by atoms with Gasteiger partial charge in [0.1, 0.15) is 19.3 Å². The third-order valence-corrected chi connectivity index (χ3v) is 20.2. The number of carbonyl (C=O) groups excluding carboxylic acids is 4. The summed E-state index contributed by atoms with van der Waals surface area (Å²) in [7, 11) is -9.91. The van der Waals surface area contributed by atoms with Gasteiger partial charge in [-0.25, -0.2) is 9.13 Å². The molecule has 0 radical (unpaired) electrons. The molecule has 0 aliphatic carbocycles. The van der Waals surface area contributed by atoms with Gasteiger partial charge in [-0.3, -0.25) is 37.3 Å². The van der Waals surface area contributed by atoms with Crippen molar-refractivity contribution in [3.8, 4) is 0 Å². The van der Waals surface area contributed by atoms with E-state index in [0.717, 1.165) is 95.8 Å². The molecule has 0 rings (SSSR count). The summed E-state index contributed by atoms with van der Waals surface area (Å²) in [6, 6.07) is 0. The zero-order valence-electron chi connectivity index (χ0n) is 63.2. The monoisotopic (exact) mass is 1420 g/mol. The highest BCUT2D eigenvalue weighted by atomic mass is 31.2. The van der Waals surface area contributed by atoms with E-state index in [1.54, 1.807) is 0 Å². The summed E-state index contributed by atoms with van der Waals surface area (Å²) in [5, 5.41) is 10.6. The van der Waals surface area contributed by atoms with Crippen molar-refractivity contribution < 1.29 is 80.2 Å². The van der Waals surface area contributed by atoms with Gasteiger partial charge in [-0.05, 0) is 31.6 Å². The van der Waals surface area contributed by atoms with E-state index in [9.17, 15) is 43.2 Å². The number of esters is 4. The zero-order valence-corrected chi connectivity index (χ0v) is 65.0. The van der Waals surface area contributed by atoms with Crippen LogP contribution in [0.15, 0.2) is 0 Å². The lowest BCUT2D eigenvalue weighted by Crippen LogP contribution is -2.30. The fourth-order valence-corrected chi connectivity index (χ4v) is 13.6. The maximum Gasteiger partial charge on any atom is 0.472 e. The molecule has 0 bridgehead atoms. The number of aliphatic hydroxyl groups excluding tert-OH is 1. The van der Waals surface area contributed by atoms with Crippen molar-refractivity contribution in [2.75, 3.05) is 39.6 Å². The van der Waals surface area contributed by atoms with Crippen LogP contribution in [-0.4, -0.2) is 96.7 Å². The summed E-state index contributed by atoms with van der Waals surface area (Å²) in [4.78, 5) is 72.9. The van der Waals surface area contributed by atoms with E-state index in [1.165, 1.54) is 238 Å². The molecule has 0 saturated heterocycles. The van der Waals surface area contributed by atoms with Crippen LogP contribution in [0.3, 0.4) is 0 Å². The predicted octanol–water partition coefficient (Wildman–Crippen LogP) is 23.3. The Morgan fingerprint density at radius 3 is 0.701 bits per heavy atom. The van der Waals surface area contributed by atoms with E-state index in [2.05, 4.69) is 34.6 Å². The number of unbranched alkanes of at least 4 members (excludes halogenated alkanes) is 50. The van der Waals surface area contributed by atoms with E-state index in [0.29, 0.717) is 25.7 Å². The van der Waals surface area contributed by atoms with E-state index < -0.39 is 97.5 Å². The molecule has 19 heteroatoms. The van der Waals surface area contributed by atoms with Crippen molar-refractivity contribution in [3.63, 3.8) is 0 Å². The first kappa shape index (κ1) is 95.1. The number of rotatable bonds is 78. The lowest BCUT2D eigenvalue weighted by Gasteiger charge is -2.21. The minimum atomic E-state index is -4.96. The summed E-state index contributed by atoms with van der Waals surface area (Å²) >= 11 is 0. The van der Waals surface area contributed by atoms with Crippen LogP contribution >= 0.6 is 15.6 Å². The van der Waals surface area contributed by atoms with Crippen LogP contribution in [0.2, 0.25) is 0 Å². The Morgan fingerprint density at radius 2 is 0.474 bits per heavy atom. The standard InChI is InChI=1S/C78H152O17P2/c1-6-9-12-15-18-21-24-26-28-33-37-42-47-52-57-62-76(81)89-68-74(95-78(83)64-59-54-49-44-39-34-30-29-31-36-40-45-50-55-60-71(4)5)70-93-97(86,87)91-66-72(79)65-90-96(84,85)92-69-73(67-88-75(80)61-56-51-46-41-35-23-20-17-14-11-8-3)94-77(82)63-58-53-48-43-38-32-27-25-22-19-16-13-10-7-2/h71-74,79H,6-70H2,1-5H3,(H,84,85)(H,86,87)/t72-,73+,74+/m0/s1. The van der Waals surface area contributed by atoms with Gasteiger partial charge in [-0.2, -0.15) is 0 Å². The van der Waals surface area contributed by atoms with Gasteiger partial charge in [-0.1, -0.05) is 362 Å². The fraction of sp³-hybridized carbons (Fsp3) is 0.949. The first-order valence-corrected chi connectivity index (χ1v) is 43.6. The molecule has 2 unspecified atom stereocenters. The van der Waals surface area contributed by atoms with Gasteiger partial charge in [0.2, 0.25) is 0 Å². The van der Waals surface area contributed by atoms with Gasteiger partial charge in [0.25, 0.3) is 0 Å². The average Bonchev–Trinajstić information content (AvgIpc) is 1.33. The fourth-order valence-electron chi connectivity index (χ4n) is 12.1. The molecule has 0 spiro atoms. The maximum absolute atomic E-state index is 13.1. The lowest BCUT2D eigenvalue weighted by atomic mass is 10.0.